The van der Waals surface area contributed by atoms with Crippen molar-refractivity contribution in [1.29, 1.82) is 0 Å². The van der Waals surface area contributed by atoms with E-state index in [1.807, 2.05) is 54.3 Å². The van der Waals surface area contributed by atoms with Crippen molar-refractivity contribution in [1.82, 2.24) is 9.80 Å². The summed E-state index contributed by atoms with van der Waals surface area (Å²) >= 11 is 1.35. The van der Waals surface area contributed by atoms with Gasteiger partial charge in [-0.3, -0.25) is 14.5 Å². The zero-order valence-electron chi connectivity index (χ0n) is 18.7. The predicted octanol–water partition coefficient (Wildman–Crippen LogP) is 2.67. The van der Waals surface area contributed by atoms with Gasteiger partial charge in [0.2, 0.25) is 5.91 Å². The number of carbonyl (C=O) groups excluding carboxylic acids is 2. The van der Waals surface area contributed by atoms with Crippen molar-refractivity contribution in [2.24, 2.45) is 0 Å². The molecule has 2 heterocycles. The maximum absolute atomic E-state index is 13.2. The standard InChI is InChI=1S/C24H29N3O4S2/c1-18-6-8-19(9-7-18)25-23(28)16-32-22-5-3-2-4-21(22)24(29)27-13-11-26(12-14-27)20-10-15-33(30,31)17-20/h2-9,20H,10-17H2,1H3,(H,25,28)/t20-/m0/s1. The molecule has 2 aromatic rings. The molecule has 9 heteroatoms. The van der Waals surface area contributed by atoms with Crippen LogP contribution in [-0.4, -0.2) is 79.5 Å². The fourth-order valence-corrected chi connectivity index (χ4v) is 6.88. The fourth-order valence-electron chi connectivity index (χ4n) is 4.27. The van der Waals surface area contributed by atoms with Gasteiger partial charge in [0, 0.05) is 42.8 Å². The van der Waals surface area contributed by atoms with Crippen molar-refractivity contribution in [3.8, 4) is 0 Å². The third-order valence-electron chi connectivity index (χ3n) is 6.14. The van der Waals surface area contributed by atoms with Gasteiger partial charge in [0.25, 0.3) is 5.91 Å². The Morgan fingerprint density at radius 3 is 2.39 bits per heavy atom. The van der Waals surface area contributed by atoms with Crippen LogP contribution in [0.1, 0.15) is 22.3 Å². The second kappa shape index (κ2) is 10.3. The first-order valence-corrected chi connectivity index (χ1v) is 13.9. The Kier molecular flexibility index (Phi) is 7.41. The number of benzene rings is 2. The van der Waals surface area contributed by atoms with Crippen LogP contribution in [0.25, 0.3) is 0 Å². The van der Waals surface area contributed by atoms with Crippen LogP contribution in [0.15, 0.2) is 53.4 Å². The van der Waals surface area contributed by atoms with Gasteiger partial charge in [0.05, 0.1) is 22.8 Å². The smallest absolute Gasteiger partial charge is 0.255 e. The molecule has 7 nitrogen and oxygen atoms in total. The average molecular weight is 488 g/mol. The van der Waals surface area contributed by atoms with Gasteiger partial charge in [0.15, 0.2) is 9.84 Å². The molecule has 33 heavy (non-hydrogen) atoms. The van der Waals surface area contributed by atoms with Crippen molar-refractivity contribution in [2.45, 2.75) is 24.3 Å². The second-order valence-electron chi connectivity index (χ2n) is 8.58. The molecule has 0 aliphatic carbocycles. The third-order valence-corrected chi connectivity index (χ3v) is 8.96. The third kappa shape index (κ3) is 6.16. The molecule has 0 aromatic heterocycles. The van der Waals surface area contributed by atoms with E-state index in [2.05, 4.69) is 10.2 Å². The Bertz CT molecular complexity index is 1110. The Balaban J connectivity index is 1.32. The summed E-state index contributed by atoms with van der Waals surface area (Å²) in [5.41, 5.74) is 2.48. The minimum Gasteiger partial charge on any atom is -0.336 e. The minimum atomic E-state index is -2.92. The highest BCUT2D eigenvalue weighted by atomic mass is 32.2. The SMILES string of the molecule is Cc1ccc(NC(=O)CSc2ccccc2C(=O)N2CCN([C@H]3CCS(=O)(=O)C3)CC2)cc1. The number of amides is 2. The first-order valence-electron chi connectivity index (χ1n) is 11.1. The summed E-state index contributed by atoms with van der Waals surface area (Å²) in [5.74, 6) is 0.536. The van der Waals surface area contributed by atoms with Crippen LogP contribution >= 0.6 is 11.8 Å². The summed E-state index contributed by atoms with van der Waals surface area (Å²) < 4.78 is 23.6. The first-order chi connectivity index (χ1) is 15.8. The molecule has 0 saturated carbocycles. The highest BCUT2D eigenvalue weighted by Gasteiger charge is 2.34. The minimum absolute atomic E-state index is 0.0456. The molecule has 4 rings (SSSR count). The topological polar surface area (TPSA) is 86.8 Å². The molecule has 1 atom stereocenters. The molecular formula is C24H29N3O4S2. The lowest BCUT2D eigenvalue weighted by molar-refractivity contribution is -0.113. The van der Waals surface area contributed by atoms with Gasteiger partial charge in [-0.2, -0.15) is 0 Å². The number of nitrogens with one attached hydrogen (secondary N) is 1. The molecular weight excluding hydrogens is 458 g/mol. The van der Waals surface area contributed by atoms with Crippen LogP contribution < -0.4 is 5.32 Å². The van der Waals surface area contributed by atoms with E-state index < -0.39 is 9.84 Å². The zero-order chi connectivity index (χ0) is 23.4. The highest BCUT2D eigenvalue weighted by Crippen LogP contribution is 2.25. The van der Waals surface area contributed by atoms with Crippen LogP contribution in [0.3, 0.4) is 0 Å². The number of hydrogen-bond donors (Lipinski definition) is 1. The van der Waals surface area contributed by atoms with Gasteiger partial charge in [0.1, 0.15) is 0 Å². The van der Waals surface area contributed by atoms with Crippen molar-refractivity contribution < 1.29 is 18.0 Å². The van der Waals surface area contributed by atoms with Crippen LogP contribution in [0, 0.1) is 6.92 Å². The van der Waals surface area contributed by atoms with E-state index in [9.17, 15) is 18.0 Å². The van der Waals surface area contributed by atoms with E-state index in [-0.39, 0.29) is 35.1 Å². The molecule has 2 aliphatic heterocycles. The fraction of sp³-hybridized carbons (Fsp3) is 0.417. The number of piperazine rings is 1. The number of carbonyl (C=O) groups is 2. The van der Waals surface area contributed by atoms with Crippen LogP contribution in [-0.2, 0) is 14.6 Å². The summed E-state index contributed by atoms with van der Waals surface area (Å²) in [7, 11) is -2.92. The van der Waals surface area contributed by atoms with Crippen LogP contribution in [0.2, 0.25) is 0 Å². The van der Waals surface area contributed by atoms with E-state index in [4.69, 9.17) is 0 Å². The summed E-state index contributed by atoms with van der Waals surface area (Å²) in [6.45, 7) is 4.50. The Morgan fingerprint density at radius 1 is 1.03 bits per heavy atom. The van der Waals surface area contributed by atoms with Gasteiger partial charge in [-0.25, -0.2) is 8.42 Å². The summed E-state index contributed by atoms with van der Waals surface area (Å²) in [4.78, 5) is 30.4. The summed E-state index contributed by atoms with van der Waals surface area (Å²) in [6.07, 6.45) is 0.681. The van der Waals surface area contributed by atoms with E-state index in [0.29, 0.717) is 38.2 Å². The molecule has 0 radical (unpaired) electrons. The van der Waals surface area contributed by atoms with Crippen molar-refractivity contribution >= 4 is 39.1 Å². The molecule has 2 aliphatic rings. The largest absolute Gasteiger partial charge is 0.336 e. The maximum Gasteiger partial charge on any atom is 0.255 e. The number of aryl methyl sites for hydroxylation is 1. The number of rotatable bonds is 6. The highest BCUT2D eigenvalue weighted by molar-refractivity contribution is 8.00. The van der Waals surface area contributed by atoms with Crippen molar-refractivity contribution in [3.63, 3.8) is 0 Å². The van der Waals surface area contributed by atoms with Crippen LogP contribution in [0.5, 0.6) is 0 Å². The monoisotopic (exact) mass is 487 g/mol. The Morgan fingerprint density at radius 2 is 1.73 bits per heavy atom. The lowest BCUT2D eigenvalue weighted by Crippen LogP contribution is -2.52. The second-order valence-corrected chi connectivity index (χ2v) is 11.8. The van der Waals surface area contributed by atoms with E-state index >= 15 is 0 Å². The van der Waals surface area contributed by atoms with Gasteiger partial charge < -0.3 is 10.2 Å². The van der Waals surface area contributed by atoms with Crippen molar-refractivity contribution in [2.75, 3.05) is 48.8 Å². The van der Waals surface area contributed by atoms with Crippen molar-refractivity contribution in [3.05, 3.63) is 59.7 Å². The Hall–Kier alpha value is -2.36. The molecule has 176 valence electrons. The molecule has 2 saturated heterocycles. The maximum atomic E-state index is 13.2. The molecule has 1 N–H and O–H groups in total. The molecule has 0 bridgehead atoms. The normalized spacial score (nSPS) is 20.5. The number of thioether (sulfide) groups is 1. The molecule has 2 aromatic carbocycles. The molecule has 2 fully saturated rings. The Labute approximate surface area is 199 Å². The van der Waals surface area contributed by atoms with Gasteiger partial charge in [-0.05, 0) is 37.6 Å². The first kappa shape index (κ1) is 23.8. The molecule has 2 amide bonds. The van der Waals surface area contributed by atoms with E-state index in [1.54, 1.807) is 6.07 Å². The quantitative estimate of drug-likeness (QED) is 0.631. The van der Waals surface area contributed by atoms with E-state index in [0.717, 1.165) is 16.1 Å². The van der Waals surface area contributed by atoms with Gasteiger partial charge in [-0.1, -0.05) is 29.8 Å². The number of hydrogen-bond acceptors (Lipinski definition) is 6. The summed E-state index contributed by atoms with van der Waals surface area (Å²) in [5, 5.41) is 2.89. The lowest BCUT2D eigenvalue weighted by atomic mass is 10.1. The number of nitrogens with zero attached hydrogens (tertiary/aromatic N) is 2. The van der Waals surface area contributed by atoms with Crippen LogP contribution in [0.4, 0.5) is 5.69 Å². The predicted molar refractivity (Wildman–Crippen MR) is 132 cm³/mol. The van der Waals surface area contributed by atoms with Gasteiger partial charge >= 0.3 is 0 Å². The lowest BCUT2D eigenvalue weighted by Gasteiger charge is -2.37. The van der Waals surface area contributed by atoms with Gasteiger partial charge in [-0.15, -0.1) is 11.8 Å². The molecule has 0 spiro atoms. The number of sulfone groups is 1. The number of anilines is 1. The molecule has 0 unspecified atom stereocenters. The summed E-state index contributed by atoms with van der Waals surface area (Å²) in [6, 6.07) is 15.1. The zero-order valence-corrected chi connectivity index (χ0v) is 20.3. The van der Waals surface area contributed by atoms with E-state index in [1.165, 1.54) is 11.8 Å². The average Bonchev–Trinajstić information content (AvgIpc) is 3.18.